The predicted molar refractivity (Wildman–Crippen MR) is 137 cm³/mol. The molecule has 1 aliphatic heterocycles. The molecular weight excluding hydrogens is 440 g/mol. The van der Waals surface area contributed by atoms with Crippen molar-refractivity contribution in [2.45, 2.75) is 32.3 Å². The number of oxime groups is 1. The first-order valence-corrected chi connectivity index (χ1v) is 12.1. The molecule has 0 aliphatic carbocycles. The maximum Gasteiger partial charge on any atom is 0.260 e. The Bertz CT molecular complexity index is 1090. The highest BCUT2D eigenvalue weighted by Crippen LogP contribution is 2.17. The van der Waals surface area contributed by atoms with Crippen molar-refractivity contribution in [1.29, 1.82) is 0 Å². The lowest BCUT2D eigenvalue weighted by Gasteiger charge is -2.26. The second kappa shape index (κ2) is 12.6. The lowest BCUT2D eigenvalue weighted by atomic mass is 10.0. The molecule has 1 heterocycles. The van der Waals surface area contributed by atoms with Crippen LogP contribution in [-0.2, 0) is 22.7 Å². The number of benzene rings is 3. The molecule has 0 bridgehead atoms. The Balaban J connectivity index is 1.40. The number of piperidine rings is 1. The van der Waals surface area contributed by atoms with Gasteiger partial charge in [-0.15, -0.1) is 0 Å². The Morgan fingerprint density at radius 1 is 0.829 bits per heavy atom. The van der Waals surface area contributed by atoms with E-state index in [0.717, 1.165) is 54.1 Å². The maximum atomic E-state index is 12.4. The summed E-state index contributed by atoms with van der Waals surface area (Å²) in [7, 11) is 1.65. The van der Waals surface area contributed by atoms with Gasteiger partial charge in [0.05, 0.1) is 12.8 Å². The number of rotatable bonds is 10. The third kappa shape index (κ3) is 7.34. The van der Waals surface area contributed by atoms with Gasteiger partial charge in [0.25, 0.3) is 5.91 Å². The lowest BCUT2D eigenvalue weighted by Crippen LogP contribution is -2.38. The molecular formula is C29H32N2O4. The molecule has 0 spiro atoms. The molecule has 4 rings (SSSR count). The van der Waals surface area contributed by atoms with Gasteiger partial charge in [-0.25, -0.2) is 0 Å². The smallest absolute Gasteiger partial charge is 0.260 e. The molecule has 0 aromatic heterocycles. The Labute approximate surface area is 207 Å². The zero-order valence-electron chi connectivity index (χ0n) is 20.2. The minimum atomic E-state index is 0.0482. The van der Waals surface area contributed by atoms with Crippen molar-refractivity contribution in [3.63, 3.8) is 0 Å². The number of hydrogen-bond acceptors (Lipinski definition) is 5. The second-order valence-electron chi connectivity index (χ2n) is 8.58. The average Bonchev–Trinajstić information content (AvgIpc) is 2.93. The van der Waals surface area contributed by atoms with Crippen LogP contribution in [0.25, 0.3) is 0 Å². The second-order valence-corrected chi connectivity index (χ2v) is 8.58. The van der Waals surface area contributed by atoms with E-state index < -0.39 is 0 Å². The van der Waals surface area contributed by atoms with Crippen molar-refractivity contribution in [3.05, 3.63) is 95.6 Å². The first-order valence-electron chi connectivity index (χ1n) is 12.1. The van der Waals surface area contributed by atoms with Crippen LogP contribution in [0.4, 0.5) is 0 Å². The minimum absolute atomic E-state index is 0.0482. The van der Waals surface area contributed by atoms with Crippen molar-refractivity contribution in [2.75, 3.05) is 26.8 Å². The number of likely N-dealkylation sites (tertiary alicyclic amines) is 1. The molecule has 3 aromatic carbocycles. The molecule has 35 heavy (non-hydrogen) atoms. The van der Waals surface area contributed by atoms with Crippen LogP contribution in [0.2, 0.25) is 0 Å². The van der Waals surface area contributed by atoms with E-state index in [1.165, 1.54) is 6.42 Å². The van der Waals surface area contributed by atoms with Crippen LogP contribution >= 0.6 is 0 Å². The van der Waals surface area contributed by atoms with Gasteiger partial charge < -0.3 is 19.2 Å². The van der Waals surface area contributed by atoms with Gasteiger partial charge in [-0.1, -0.05) is 47.6 Å². The fourth-order valence-corrected chi connectivity index (χ4v) is 4.01. The minimum Gasteiger partial charge on any atom is -0.497 e. The molecule has 0 saturated carbocycles. The van der Waals surface area contributed by atoms with Gasteiger partial charge in [0.15, 0.2) is 6.61 Å². The number of ether oxygens (including phenoxy) is 2. The van der Waals surface area contributed by atoms with E-state index in [1.54, 1.807) is 7.11 Å². The summed E-state index contributed by atoms with van der Waals surface area (Å²) in [4.78, 5) is 20.0. The molecule has 0 radical (unpaired) electrons. The summed E-state index contributed by atoms with van der Waals surface area (Å²) >= 11 is 0. The SMILES string of the molecule is COc1ccc(CON=C(Cc2ccccc2)c2ccc(OCC(=O)N3CCCCC3)cc2)cc1. The van der Waals surface area contributed by atoms with Gasteiger partial charge in [0.2, 0.25) is 0 Å². The van der Waals surface area contributed by atoms with E-state index in [0.29, 0.717) is 18.8 Å². The van der Waals surface area contributed by atoms with Crippen molar-refractivity contribution in [2.24, 2.45) is 5.16 Å². The third-order valence-corrected chi connectivity index (χ3v) is 6.04. The molecule has 0 N–H and O–H groups in total. The van der Waals surface area contributed by atoms with Crippen molar-refractivity contribution in [3.8, 4) is 11.5 Å². The van der Waals surface area contributed by atoms with Crippen LogP contribution in [0.3, 0.4) is 0 Å². The van der Waals surface area contributed by atoms with Crippen molar-refractivity contribution >= 4 is 11.6 Å². The van der Waals surface area contributed by atoms with Gasteiger partial charge in [-0.05, 0) is 72.4 Å². The molecule has 6 heteroatoms. The average molecular weight is 473 g/mol. The third-order valence-electron chi connectivity index (χ3n) is 6.04. The highest BCUT2D eigenvalue weighted by Gasteiger charge is 2.17. The first-order chi connectivity index (χ1) is 17.2. The van der Waals surface area contributed by atoms with E-state index >= 15 is 0 Å². The molecule has 6 nitrogen and oxygen atoms in total. The fourth-order valence-electron chi connectivity index (χ4n) is 4.01. The number of methoxy groups -OCH3 is 1. The Morgan fingerprint density at radius 2 is 1.51 bits per heavy atom. The van der Waals surface area contributed by atoms with Crippen molar-refractivity contribution < 1.29 is 19.1 Å². The van der Waals surface area contributed by atoms with Gasteiger partial charge >= 0.3 is 0 Å². The number of carbonyl (C=O) groups is 1. The van der Waals surface area contributed by atoms with Crippen LogP contribution in [0, 0.1) is 0 Å². The zero-order valence-corrected chi connectivity index (χ0v) is 20.2. The summed E-state index contributed by atoms with van der Waals surface area (Å²) in [5.41, 5.74) is 3.92. The summed E-state index contributed by atoms with van der Waals surface area (Å²) in [6.07, 6.45) is 3.98. The fraction of sp³-hybridized carbons (Fsp3) is 0.310. The highest BCUT2D eigenvalue weighted by atomic mass is 16.6. The molecule has 1 fully saturated rings. The van der Waals surface area contributed by atoms with Gasteiger partial charge in [0, 0.05) is 19.5 Å². The molecule has 0 atom stereocenters. The molecule has 182 valence electrons. The van der Waals surface area contributed by atoms with Gasteiger partial charge in [0.1, 0.15) is 18.1 Å². The molecule has 1 amide bonds. The molecule has 0 unspecified atom stereocenters. The van der Waals surface area contributed by atoms with E-state index in [2.05, 4.69) is 17.3 Å². The predicted octanol–water partition coefficient (Wildman–Crippen LogP) is 5.25. The topological polar surface area (TPSA) is 60.4 Å². The highest BCUT2D eigenvalue weighted by molar-refractivity contribution is 6.01. The van der Waals surface area contributed by atoms with Crippen LogP contribution in [0.5, 0.6) is 11.5 Å². The monoisotopic (exact) mass is 472 g/mol. The zero-order chi connectivity index (χ0) is 24.3. The van der Waals surface area contributed by atoms with Crippen LogP contribution in [0.15, 0.2) is 84.0 Å². The lowest BCUT2D eigenvalue weighted by molar-refractivity contribution is -0.134. The molecule has 1 aliphatic rings. The Morgan fingerprint density at radius 3 is 2.20 bits per heavy atom. The normalized spacial score (nSPS) is 13.9. The standard InChI is InChI=1S/C29H32N2O4/c1-33-26-14-10-24(11-15-26)21-35-30-28(20-23-8-4-2-5-9-23)25-12-16-27(17-13-25)34-22-29(32)31-18-6-3-7-19-31/h2,4-5,8-17H,3,6-7,18-22H2,1H3. The maximum absolute atomic E-state index is 12.4. The Kier molecular flexibility index (Phi) is 8.76. The summed E-state index contributed by atoms with van der Waals surface area (Å²) in [6, 6.07) is 25.6. The largest absolute Gasteiger partial charge is 0.497 e. The number of amides is 1. The first kappa shape index (κ1) is 24.3. The van der Waals surface area contributed by atoms with Crippen LogP contribution in [0.1, 0.15) is 36.0 Å². The Hall–Kier alpha value is -3.80. The van der Waals surface area contributed by atoms with Crippen molar-refractivity contribution in [1.82, 2.24) is 4.90 Å². The summed E-state index contributed by atoms with van der Waals surface area (Å²) in [5.74, 6) is 1.52. The van der Waals surface area contributed by atoms with Gasteiger partial charge in [-0.2, -0.15) is 0 Å². The summed E-state index contributed by atoms with van der Waals surface area (Å²) in [5, 5.41) is 4.48. The summed E-state index contributed by atoms with van der Waals surface area (Å²) in [6.45, 7) is 2.09. The summed E-state index contributed by atoms with van der Waals surface area (Å²) < 4.78 is 11.0. The van der Waals surface area contributed by atoms with E-state index in [4.69, 9.17) is 14.3 Å². The van der Waals surface area contributed by atoms with E-state index in [1.807, 2.05) is 71.6 Å². The van der Waals surface area contributed by atoms with E-state index in [9.17, 15) is 4.79 Å². The quantitative estimate of drug-likeness (QED) is 0.299. The molecule has 3 aromatic rings. The van der Waals surface area contributed by atoms with Crippen LogP contribution in [-0.4, -0.2) is 43.3 Å². The van der Waals surface area contributed by atoms with Crippen LogP contribution < -0.4 is 9.47 Å². The number of hydrogen-bond donors (Lipinski definition) is 0. The molecule has 1 saturated heterocycles. The number of nitrogens with zero attached hydrogens (tertiary/aromatic N) is 2. The van der Waals surface area contributed by atoms with E-state index in [-0.39, 0.29) is 12.5 Å². The van der Waals surface area contributed by atoms with Gasteiger partial charge in [-0.3, -0.25) is 4.79 Å². The number of carbonyl (C=O) groups excluding carboxylic acids is 1.